The summed E-state index contributed by atoms with van der Waals surface area (Å²) in [4.78, 5) is 15.5. The lowest BCUT2D eigenvalue weighted by Crippen LogP contribution is -2.27. The second-order valence-corrected chi connectivity index (χ2v) is 3.39. The number of rotatable bonds is 4. The van der Waals surface area contributed by atoms with Crippen LogP contribution >= 0.6 is 0 Å². The van der Waals surface area contributed by atoms with Gasteiger partial charge in [-0.25, -0.2) is 4.98 Å². The van der Waals surface area contributed by atoms with Gasteiger partial charge in [-0.1, -0.05) is 5.21 Å². The maximum absolute atomic E-state index is 11.6. The molecular weight excluding hydrogens is 220 g/mol. The molecule has 0 bridgehead atoms. The summed E-state index contributed by atoms with van der Waals surface area (Å²) < 4.78 is 1.64. The van der Waals surface area contributed by atoms with Gasteiger partial charge in [0.05, 0.1) is 18.3 Å². The molecule has 2 aromatic heterocycles. The van der Waals surface area contributed by atoms with E-state index >= 15 is 0 Å². The number of hydrogen-bond acceptors (Lipinski definition) is 5. The van der Waals surface area contributed by atoms with E-state index in [4.69, 9.17) is 5.73 Å². The van der Waals surface area contributed by atoms with Gasteiger partial charge >= 0.3 is 0 Å². The van der Waals surface area contributed by atoms with Crippen LogP contribution in [-0.4, -0.2) is 32.4 Å². The number of nitrogens with one attached hydrogen (secondary N) is 1. The van der Waals surface area contributed by atoms with Crippen molar-refractivity contribution in [1.29, 1.82) is 0 Å². The highest BCUT2D eigenvalue weighted by Crippen LogP contribution is 2.00. The molecule has 3 N–H and O–H groups in total. The van der Waals surface area contributed by atoms with Crippen molar-refractivity contribution in [3.63, 3.8) is 0 Å². The smallest absolute Gasteiger partial charge is 0.252 e. The predicted molar refractivity (Wildman–Crippen MR) is 61.0 cm³/mol. The van der Waals surface area contributed by atoms with E-state index < -0.39 is 0 Å². The first-order valence-electron chi connectivity index (χ1n) is 5.09. The van der Waals surface area contributed by atoms with Gasteiger partial charge in [0.1, 0.15) is 5.82 Å². The number of nitrogen functional groups attached to an aromatic ring is 1. The lowest BCUT2D eigenvalue weighted by Gasteiger charge is -2.04. The minimum Gasteiger partial charge on any atom is -0.384 e. The number of nitrogens with zero attached hydrogens (tertiary/aromatic N) is 4. The molecule has 0 spiro atoms. The van der Waals surface area contributed by atoms with Gasteiger partial charge in [-0.3, -0.25) is 9.48 Å². The Balaban J connectivity index is 1.83. The molecule has 0 fully saturated rings. The molecule has 0 aliphatic heterocycles. The number of anilines is 1. The zero-order valence-electron chi connectivity index (χ0n) is 9.08. The lowest BCUT2D eigenvalue weighted by atomic mass is 10.2. The number of aromatic nitrogens is 4. The average Bonchev–Trinajstić information content (AvgIpc) is 2.83. The Morgan fingerprint density at radius 1 is 1.47 bits per heavy atom. The Kier molecular flexibility index (Phi) is 3.29. The van der Waals surface area contributed by atoms with Crippen molar-refractivity contribution in [3.05, 3.63) is 36.3 Å². The first-order valence-corrected chi connectivity index (χ1v) is 5.09. The highest BCUT2D eigenvalue weighted by molar-refractivity contribution is 5.93. The molecule has 0 saturated carbocycles. The number of carbonyl (C=O) groups is 1. The minimum absolute atomic E-state index is 0.183. The fourth-order valence-electron chi connectivity index (χ4n) is 1.28. The summed E-state index contributed by atoms with van der Waals surface area (Å²) in [6.45, 7) is 1.06. The van der Waals surface area contributed by atoms with Crippen molar-refractivity contribution in [1.82, 2.24) is 25.3 Å². The number of nitrogens with two attached hydrogens (primary N) is 1. The van der Waals surface area contributed by atoms with Gasteiger partial charge in [-0.15, -0.1) is 5.10 Å². The molecule has 7 nitrogen and oxygen atoms in total. The molecular formula is C10H12N6O. The maximum Gasteiger partial charge on any atom is 0.252 e. The Morgan fingerprint density at radius 2 is 2.35 bits per heavy atom. The molecule has 0 radical (unpaired) electrons. The largest absolute Gasteiger partial charge is 0.384 e. The van der Waals surface area contributed by atoms with E-state index in [0.29, 0.717) is 24.5 Å². The van der Waals surface area contributed by atoms with Gasteiger partial charge in [-0.2, -0.15) is 0 Å². The third-order valence-corrected chi connectivity index (χ3v) is 2.15. The summed E-state index contributed by atoms with van der Waals surface area (Å²) in [5, 5.41) is 10.2. The number of carbonyl (C=O) groups excluding carboxylic acids is 1. The van der Waals surface area contributed by atoms with Crippen LogP contribution in [0.25, 0.3) is 0 Å². The molecule has 0 aliphatic carbocycles. The fraction of sp³-hybridized carbons (Fsp3) is 0.200. The molecule has 17 heavy (non-hydrogen) atoms. The summed E-state index contributed by atoms with van der Waals surface area (Å²) in [5.41, 5.74) is 5.91. The molecule has 1 amide bonds. The number of hydrogen-bond donors (Lipinski definition) is 2. The van der Waals surface area contributed by atoms with Gasteiger partial charge in [0, 0.05) is 18.9 Å². The standard InChI is InChI=1S/C10H12N6O/c11-9-2-1-8(7-13-9)10(17)12-3-5-16-6-4-14-15-16/h1-2,4,6-7H,3,5H2,(H2,11,13)(H,12,17). The van der Waals surface area contributed by atoms with Gasteiger partial charge in [0.2, 0.25) is 0 Å². The van der Waals surface area contributed by atoms with Crippen LogP contribution in [0.4, 0.5) is 5.82 Å². The molecule has 2 rings (SSSR count). The maximum atomic E-state index is 11.6. The van der Waals surface area contributed by atoms with Crippen molar-refractivity contribution in [2.45, 2.75) is 6.54 Å². The Labute approximate surface area is 97.6 Å². The van der Waals surface area contributed by atoms with Crippen LogP contribution in [0, 0.1) is 0 Å². The Morgan fingerprint density at radius 3 is 3.00 bits per heavy atom. The molecule has 0 aliphatic rings. The highest BCUT2D eigenvalue weighted by Gasteiger charge is 2.04. The first kappa shape index (κ1) is 11.1. The molecule has 0 unspecified atom stereocenters. The van der Waals surface area contributed by atoms with E-state index in [-0.39, 0.29) is 5.91 Å². The zero-order valence-corrected chi connectivity index (χ0v) is 9.08. The van der Waals surface area contributed by atoms with E-state index in [0.717, 1.165) is 0 Å². The summed E-state index contributed by atoms with van der Waals surface area (Å²) in [5.74, 6) is 0.210. The van der Waals surface area contributed by atoms with E-state index in [1.54, 1.807) is 29.2 Å². The van der Waals surface area contributed by atoms with Crippen molar-refractivity contribution in [2.75, 3.05) is 12.3 Å². The van der Waals surface area contributed by atoms with Gasteiger partial charge < -0.3 is 11.1 Å². The van der Waals surface area contributed by atoms with Crippen molar-refractivity contribution in [3.8, 4) is 0 Å². The minimum atomic E-state index is -0.183. The van der Waals surface area contributed by atoms with Crippen LogP contribution in [0.5, 0.6) is 0 Å². The molecule has 2 aromatic rings. The normalized spacial score (nSPS) is 10.1. The van der Waals surface area contributed by atoms with Crippen LogP contribution in [0.2, 0.25) is 0 Å². The van der Waals surface area contributed by atoms with Crippen LogP contribution in [-0.2, 0) is 6.54 Å². The highest BCUT2D eigenvalue weighted by atomic mass is 16.1. The molecule has 2 heterocycles. The number of amides is 1. The summed E-state index contributed by atoms with van der Waals surface area (Å²) >= 11 is 0. The van der Waals surface area contributed by atoms with Gasteiger partial charge in [0.25, 0.3) is 5.91 Å². The zero-order chi connectivity index (χ0) is 12.1. The third-order valence-electron chi connectivity index (χ3n) is 2.15. The molecule has 88 valence electrons. The van der Waals surface area contributed by atoms with E-state index in [1.807, 2.05) is 0 Å². The van der Waals surface area contributed by atoms with Crippen LogP contribution < -0.4 is 11.1 Å². The van der Waals surface area contributed by atoms with Crippen molar-refractivity contribution in [2.24, 2.45) is 0 Å². The monoisotopic (exact) mass is 232 g/mol. The first-order chi connectivity index (χ1) is 8.25. The summed E-state index contributed by atoms with van der Waals surface area (Å²) in [7, 11) is 0. The van der Waals surface area contributed by atoms with Crippen LogP contribution in [0.1, 0.15) is 10.4 Å². The fourth-order valence-corrected chi connectivity index (χ4v) is 1.28. The SMILES string of the molecule is Nc1ccc(C(=O)NCCn2ccnn2)cn1. The van der Waals surface area contributed by atoms with Gasteiger partial charge in [-0.05, 0) is 12.1 Å². The van der Waals surface area contributed by atoms with E-state index in [9.17, 15) is 4.79 Å². The number of pyridine rings is 1. The molecule has 0 atom stereocenters. The predicted octanol–water partition coefficient (Wildman–Crippen LogP) is -0.315. The lowest BCUT2D eigenvalue weighted by molar-refractivity contribution is 0.0951. The average molecular weight is 232 g/mol. The summed E-state index contributed by atoms with van der Waals surface area (Å²) in [6.07, 6.45) is 4.77. The van der Waals surface area contributed by atoms with E-state index in [2.05, 4.69) is 20.6 Å². The van der Waals surface area contributed by atoms with Crippen LogP contribution in [0.3, 0.4) is 0 Å². The molecule has 7 heteroatoms. The van der Waals surface area contributed by atoms with Crippen molar-refractivity contribution < 1.29 is 4.79 Å². The molecule has 0 aromatic carbocycles. The molecule has 0 saturated heterocycles. The Bertz CT molecular complexity index is 478. The second kappa shape index (κ2) is 5.06. The quantitative estimate of drug-likeness (QED) is 0.753. The summed E-state index contributed by atoms with van der Waals surface area (Å²) in [6, 6.07) is 3.22. The van der Waals surface area contributed by atoms with Crippen LogP contribution in [0.15, 0.2) is 30.7 Å². The topological polar surface area (TPSA) is 98.7 Å². The second-order valence-electron chi connectivity index (χ2n) is 3.39. The van der Waals surface area contributed by atoms with E-state index in [1.165, 1.54) is 6.20 Å². The van der Waals surface area contributed by atoms with Crippen molar-refractivity contribution >= 4 is 11.7 Å². The van der Waals surface area contributed by atoms with Gasteiger partial charge in [0.15, 0.2) is 0 Å². The third kappa shape index (κ3) is 3.00. The Hall–Kier alpha value is -2.44.